The van der Waals surface area contributed by atoms with Crippen molar-refractivity contribution in [3.63, 3.8) is 0 Å². The lowest BCUT2D eigenvalue weighted by Crippen LogP contribution is -2.16. The van der Waals surface area contributed by atoms with Gasteiger partial charge in [-0.3, -0.25) is 0 Å². The van der Waals surface area contributed by atoms with E-state index in [1.807, 2.05) is 6.92 Å². The van der Waals surface area contributed by atoms with Gasteiger partial charge in [0.1, 0.15) is 0 Å². The molecule has 0 atom stereocenters. The van der Waals surface area contributed by atoms with E-state index in [2.05, 4.69) is 15.6 Å². The summed E-state index contributed by atoms with van der Waals surface area (Å²) < 4.78 is 40.2. The Bertz CT molecular complexity index is 669. The molecular weight excluding hydrogens is 283 g/mol. The number of benzene rings is 1. The largest absolute Gasteiger partial charge is 0.417 e. The number of nitrogens with zero attached hydrogens (tertiary/aromatic N) is 4. The van der Waals surface area contributed by atoms with E-state index in [1.165, 1.54) is 16.9 Å². The third-order valence-corrected chi connectivity index (χ3v) is 2.85. The van der Waals surface area contributed by atoms with Crippen LogP contribution in [0.1, 0.15) is 23.7 Å². The standard InChI is InChI=1S/C13H12F3N5/c1-2-18-7-11-8-19-20-21(11)10-4-3-9(6-17)12(5-10)13(14,15)16/h3-5,8,18H,2,7H2,1H3. The number of hydrogen-bond acceptors (Lipinski definition) is 4. The van der Waals surface area contributed by atoms with Gasteiger partial charge < -0.3 is 5.32 Å². The van der Waals surface area contributed by atoms with Crippen LogP contribution < -0.4 is 5.32 Å². The number of hydrogen-bond donors (Lipinski definition) is 1. The van der Waals surface area contributed by atoms with E-state index >= 15 is 0 Å². The zero-order valence-corrected chi connectivity index (χ0v) is 11.1. The van der Waals surface area contributed by atoms with E-state index in [0.717, 1.165) is 12.1 Å². The van der Waals surface area contributed by atoms with Crippen LogP contribution in [0.5, 0.6) is 0 Å². The predicted octanol–water partition coefficient (Wildman–Crippen LogP) is 2.27. The smallest absolute Gasteiger partial charge is 0.311 e. The van der Waals surface area contributed by atoms with Gasteiger partial charge in [-0.2, -0.15) is 18.4 Å². The second kappa shape index (κ2) is 5.93. The number of aromatic nitrogens is 3. The van der Waals surface area contributed by atoms with Gasteiger partial charge >= 0.3 is 6.18 Å². The van der Waals surface area contributed by atoms with E-state index in [9.17, 15) is 13.2 Å². The molecule has 5 nitrogen and oxygen atoms in total. The molecule has 0 saturated carbocycles. The first kappa shape index (κ1) is 15.0. The molecule has 21 heavy (non-hydrogen) atoms. The van der Waals surface area contributed by atoms with Crippen LogP contribution in [0.4, 0.5) is 13.2 Å². The summed E-state index contributed by atoms with van der Waals surface area (Å²) in [4.78, 5) is 0. The molecule has 1 aromatic carbocycles. The van der Waals surface area contributed by atoms with E-state index in [1.54, 1.807) is 6.07 Å². The Morgan fingerprint density at radius 2 is 2.14 bits per heavy atom. The van der Waals surface area contributed by atoms with Gasteiger partial charge in [-0.15, -0.1) is 5.10 Å². The molecule has 0 aliphatic rings. The Labute approximate surface area is 119 Å². The molecule has 1 N–H and O–H groups in total. The number of halogens is 3. The van der Waals surface area contributed by atoms with Crippen molar-refractivity contribution in [2.45, 2.75) is 19.6 Å². The van der Waals surface area contributed by atoms with Crippen LogP contribution in [0.25, 0.3) is 5.69 Å². The molecule has 0 spiro atoms. The molecule has 8 heteroatoms. The maximum absolute atomic E-state index is 13.0. The second-order valence-corrected chi connectivity index (χ2v) is 4.26. The summed E-state index contributed by atoms with van der Waals surface area (Å²) in [6.07, 6.45) is -3.11. The third-order valence-electron chi connectivity index (χ3n) is 2.85. The van der Waals surface area contributed by atoms with Gasteiger partial charge in [-0.05, 0) is 24.7 Å². The van der Waals surface area contributed by atoms with Crippen molar-refractivity contribution in [2.75, 3.05) is 6.54 Å². The fourth-order valence-corrected chi connectivity index (χ4v) is 1.84. The number of rotatable bonds is 4. The van der Waals surface area contributed by atoms with Crippen LogP contribution in [0, 0.1) is 11.3 Å². The fourth-order valence-electron chi connectivity index (χ4n) is 1.84. The molecule has 2 aromatic rings. The Morgan fingerprint density at radius 1 is 1.38 bits per heavy atom. The molecule has 0 aliphatic carbocycles. The fraction of sp³-hybridized carbons (Fsp3) is 0.308. The van der Waals surface area contributed by atoms with Crippen molar-refractivity contribution >= 4 is 0 Å². The number of nitrogens with one attached hydrogen (secondary N) is 1. The van der Waals surface area contributed by atoms with Crippen LogP contribution in [0.15, 0.2) is 24.4 Å². The highest BCUT2D eigenvalue weighted by atomic mass is 19.4. The van der Waals surface area contributed by atoms with Crippen LogP contribution in [0.2, 0.25) is 0 Å². The zero-order valence-electron chi connectivity index (χ0n) is 11.1. The van der Waals surface area contributed by atoms with Crippen molar-refractivity contribution in [3.05, 3.63) is 41.2 Å². The highest BCUT2D eigenvalue weighted by molar-refractivity contribution is 5.47. The average Bonchev–Trinajstić information content (AvgIpc) is 2.91. The van der Waals surface area contributed by atoms with Crippen LogP contribution in [0.3, 0.4) is 0 Å². The number of alkyl halides is 3. The molecule has 0 saturated heterocycles. The average molecular weight is 295 g/mol. The van der Waals surface area contributed by atoms with Crippen molar-refractivity contribution < 1.29 is 13.2 Å². The van der Waals surface area contributed by atoms with Gasteiger partial charge in [0.05, 0.1) is 34.8 Å². The maximum atomic E-state index is 13.0. The summed E-state index contributed by atoms with van der Waals surface area (Å²) >= 11 is 0. The minimum absolute atomic E-state index is 0.215. The Kier molecular flexibility index (Phi) is 4.23. The minimum Gasteiger partial charge on any atom is -0.311 e. The van der Waals surface area contributed by atoms with E-state index in [-0.39, 0.29) is 5.69 Å². The van der Waals surface area contributed by atoms with Crippen molar-refractivity contribution in [2.24, 2.45) is 0 Å². The molecule has 2 rings (SSSR count). The molecule has 0 amide bonds. The molecule has 1 aromatic heterocycles. The molecule has 0 bridgehead atoms. The quantitative estimate of drug-likeness (QED) is 0.939. The second-order valence-electron chi connectivity index (χ2n) is 4.26. The summed E-state index contributed by atoms with van der Waals surface area (Å²) in [7, 11) is 0. The predicted molar refractivity (Wildman–Crippen MR) is 68.5 cm³/mol. The minimum atomic E-state index is -4.59. The van der Waals surface area contributed by atoms with Gasteiger partial charge in [0.15, 0.2) is 0 Å². The summed E-state index contributed by atoms with van der Waals surface area (Å²) in [5.74, 6) is 0. The molecule has 0 radical (unpaired) electrons. The lowest BCUT2D eigenvalue weighted by molar-refractivity contribution is -0.137. The molecular formula is C13H12F3N5. The Balaban J connectivity index is 2.47. The van der Waals surface area contributed by atoms with Gasteiger partial charge in [-0.25, -0.2) is 4.68 Å². The third kappa shape index (κ3) is 3.20. The summed E-state index contributed by atoms with van der Waals surface area (Å²) in [6, 6.07) is 5.00. The maximum Gasteiger partial charge on any atom is 0.417 e. The summed E-state index contributed by atoms with van der Waals surface area (Å²) in [5, 5.41) is 19.3. The molecule has 0 unspecified atom stereocenters. The van der Waals surface area contributed by atoms with Gasteiger partial charge in [0.2, 0.25) is 0 Å². The first-order valence-corrected chi connectivity index (χ1v) is 6.19. The van der Waals surface area contributed by atoms with E-state index < -0.39 is 17.3 Å². The van der Waals surface area contributed by atoms with Gasteiger partial charge in [-0.1, -0.05) is 12.1 Å². The highest BCUT2D eigenvalue weighted by Gasteiger charge is 2.34. The van der Waals surface area contributed by atoms with Gasteiger partial charge in [0, 0.05) is 6.54 Å². The molecule has 0 fully saturated rings. The SMILES string of the molecule is CCNCc1cnnn1-c1ccc(C#N)c(C(F)(F)F)c1. The Hall–Kier alpha value is -2.40. The van der Waals surface area contributed by atoms with Crippen LogP contribution in [-0.4, -0.2) is 21.5 Å². The monoisotopic (exact) mass is 295 g/mol. The summed E-state index contributed by atoms with van der Waals surface area (Å²) in [6.45, 7) is 3.06. The summed E-state index contributed by atoms with van der Waals surface area (Å²) in [5.41, 5.74) is -0.548. The normalized spacial score (nSPS) is 11.4. The lowest BCUT2D eigenvalue weighted by Gasteiger charge is -2.12. The van der Waals surface area contributed by atoms with Crippen molar-refractivity contribution in [1.82, 2.24) is 20.3 Å². The topological polar surface area (TPSA) is 66.5 Å². The van der Waals surface area contributed by atoms with Crippen LogP contribution >= 0.6 is 0 Å². The zero-order chi connectivity index (χ0) is 15.5. The molecule has 0 aliphatic heterocycles. The van der Waals surface area contributed by atoms with E-state index in [0.29, 0.717) is 18.8 Å². The Morgan fingerprint density at radius 3 is 2.76 bits per heavy atom. The highest BCUT2D eigenvalue weighted by Crippen LogP contribution is 2.33. The van der Waals surface area contributed by atoms with Crippen molar-refractivity contribution in [1.29, 1.82) is 5.26 Å². The van der Waals surface area contributed by atoms with Crippen LogP contribution in [-0.2, 0) is 12.7 Å². The first-order chi connectivity index (χ1) is 9.97. The number of nitriles is 1. The first-order valence-electron chi connectivity index (χ1n) is 6.19. The van der Waals surface area contributed by atoms with Gasteiger partial charge in [0.25, 0.3) is 0 Å². The molecule has 110 valence electrons. The lowest BCUT2D eigenvalue weighted by atomic mass is 10.1. The van der Waals surface area contributed by atoms with E-state index in [4.69, 9.17) is 5.26 Å². The molecule has 1 heterocycles. The van der Waals surface area contributed by atoms with Crippen molar-refractivity contribution in [3.8, 4) is 11.8 Å².